The summed E-state index contributed by atoms with van der Waals surface area (Å²) in [4.78, 5) is 6.55. The molecule has 1 saturated carbocycles. The van der Waals surface area contributed by atoms with E-state index in [1.54, 1.807) is 0 Å². The second-order valence-electron chi connectivity index (χ2n) is 5.04. The first-order valence-electron chi connectivity index (χ1n) is 6.62. The minimum atomic E-state index is 0.359. The van der Waals surface area contributed by atoms with Gasteiger partial charge in [0.25, 0.3) is 0 Å². The van der Waals surface area contributed by atoms with Crippen LogP contribution >= 0.6 is 0 Å². The molecule has 17 heavy (non-hydrogen) atoms. The van der Waals surface area contributed by atoms with E-state index in [0.29, 0.717) is 5.54 Å². The third-order valence-electron chi connectivity index (χ3n) is 4.12. The molecule has 2 rings (SSSR count). The molecule has 0 bridgehead atoms. The Labute approximate surface area is 104 Å². The zero-order valence-electron chi connectivity index (χ0n) is 10.9. The Morgan fingerprint density at radius 1 is 1.29 bits per heavy atom. The summed E-state index contributed by atoms with van der Waals surface area (Å²) in [6.45, 7) is 4.41. The quantitative estimate of drug-likeness (QED) is 0.847. The number of hydrogen-bond acceptors (Lipinski definition) is 3. The lowest BCUT2D eigenvalue weighted by Crippen LogP contribution is -2.49. The molecule has 1 aliphatic carbocycles. The highest BCUT2D eigenvalue weighted by molar-refractivity contribution is 5.41. The lowest BCUT2D eigenvalue weighted by molar-refractivity contribution is 0.144. The van der Waals surface area contributed by atoms with Crippen LogP contribution in [0.2, 0.25) is 0 Å². The minimum absolute atomic E-state index is 0.359. The Hall–Kier alpha value is -1.09. The van der Waals surface area contributed by atoms with Crippen LogP contribution in [0.25, 0.3) is 0 Å². The van der Waals surface area contributed by atoms with Gasteiger partial charge in [0.15, 0.2) is 0 Å². The summed E-state index contributed by atoms with van der Waals surface area (Å²) < 4.78 is 0. The number of rotatable bonds is 5. The molecule has 1 fully saturated rings. The number of nitrogens with one attached hydrogen (secondary N) is 1. The van der Waals surface area contributed by atoms with E-state index in [1.165, 1.54) is 31.4 Å². The second kappa shape index (κ2) is 5.50. The van der Waals surface area contributed by atoms with Crippen LogP contribution in [-0.4, -0.2) is 35.6 Å². The van der Waals surface area contributed by atoms with E-state index in [-0.39, 0.29) is 0 Å². The van der Waals surface area contributed by atoms with Crippen LogP contribution in [0.3, 0.4) is 0 Å². The van der Waals surface area contributed by atoms with E-state index in [4.69, 9.17) is 0 Å². The van der Waals surface area contributed by atoms with Gasteiger partial charge >= 0.3 is 0 Å². The SMILES string of the molecule is CCN(C)C1(CNc2ccncc2)CCCC1. The number of anilines is 1. The zero-order chi connectivity index (χ0) is 12.1. The Morgan fingerprint density at radius 3 is 2.53 bits per heavy atom. The van der Waals surface area contributed by atoms with Crippen molar-refractivity contribution in [2.75, 3.05) is 25.5 Å². The fourth-order valence-electron chi connectivity index (χ4n) is 2.80. The maximum atomic E-state index is 4.04. The molecule has 3 heteroatoms. The topological polar surface area (TPSA) is 28.2 Å². The van der Waals surface area contributed by atoms with Gasteiger partial charge in [-0.1, -0.05) is 19.8 Å². The summed E-state index contributed by atoms with van der Waals surface area (Å²) in [7, 11) is 2.25. The number of likely N-dealkylation sites (N-methyl/N-ethyl adjacent to an activating group) is 1. The molecule has 1 heterocycles. The van der Waals surface area contributed by atoms with E-state index in [1.807, 2.05) is 24.5 Å². The van der Waals surface area contributed by atoms with E-state index in [0.717, 1.165) is 13.1 Å². The zero-order valence-corrected chi connectivity index (χ0v) is 10.9. The van der Waals surface area contributed by atoms with Crippen molar-refractivity contribution >= 4 is 5.69 Å². The van der Waals surface area contributed by atoms with Crippen LogP contribution in [0, 0.1) is 0 Å². The summed E-state index contributed by atoms with van der Waals surface area (Å²) in [6.07, 6.45) is 9.04. The highest BCUT2D eigenvalue weighted by atomic mass is 15.2. The first-order chi connectivity index (χ1) is 8.27. The third-order valence-corrected chi connectivity index (χ3v) is 4.12. The van der Waals surface area contributed by atoms with Crippen molar-refractivity contribution < 1.29 is 0 Å². The van der Waals surface area contributed by atoms with Gasteiger partial charge in [-0.2, -0.15) is 0 Å². The van der Waals surface area contributed by atoms with Gasteiger partial charge in [0.1, 0.15) is 0 Å². The summed E-state index contributed by atoms with van der Waals surface area (Å²) >= 11 is 0. The van der Waals surface area contributed by atoms with Crippen LogP contribution in [0.4, 0.5) is 5.69 Å². The molecule has 3 nitrogen and oxygen atoms in total. The smallest absolute Gasteiger partial charge is 0.0378 e. The van der Waals surface area contributed by atoms with Crippen molar-refractivity contribution in [2.24, 2.45) is 0 Å². The molecule has 0 saturated heterocycles. The maximum absolute atomic E-state index is 4.04. The van der Waals surface area contributed by atoms with Gasteiger partial charge in [-0.3, -0.25) is 9.88 Å². The Bertz CT molecular complexity index is 331. The molecule has 0 aliphatic heterocycles. The van der Waals surface area contributed by atoms with Gasteiger partial charge in [0, 0.05) is 30.2 Å². The number of nitrogens with zero attached hydrogens (tertiary/aromatic N) is 2. The van der Waals surface area contributed by atoms with Crippen molar-refractivity contribution in [1.82, 2.24) is 9.88 Å². The predicted octanol–water partition coefficient (Wildman–Crippen LogP) is 2.76. The molecule has 1 aliphatic rings. The molecule has 94 valence electrons. The van der Waals surface area contributed by atoms with Crippen LogP contribution in [0.1, 0.15) is 32.6 Å². The van der Waals surface area contributed by atoms with Gasteiger partial charge in [0.2, 0.25) is 0 Å². The largest absolute Gasteiger partial charge is 0.383 e. The fraction of sp³-hybridized carbons (Fsp3) is 0.643. The van der Waals surface area contributed by atoms with Crippen molar-refractivity contribution in [3.05, 3.63) is 24.5 Å². The molecule has 0 atom stereocenters. The Balaban J connectivity index is 1.99. The monoisotopic (exact) mass is 233 g/mol. The van der Waals surface area contributed by atoms with Crippen molar-refractivity contribution in [2.45, 2.75) is 38.1 Å². The van der Waals surface area contributed by atoms with Crippen LogP contribution in [0.15, 0.2) is 24.5 Å². The lowest BCUT2D eigenvalue weighted by Gasteiger charge is -2.38. The average Bonchev–Trinajstić information content (AvgIpc) is 2.87. The Morgan fingerprint density at radius 2 is 1.94 bits per heavy atom. The van der Waals surface area contributed by atoms with E-state index in [2.05, 4.69) is 29.2 Å². The van der Waals surface area contributed by atoms with Crippen LogP contribution in [-0.2, 0) is 0 Å². The van der Waals surface area contributed by atoms with Crippen molar-refractivity contribution in [3.8, 4) is 0 Å². The number of pyridine rings is 1. The normalized spacial score (nSPS) is 18.5. The van der Waals surface area contributed by atoms with E-state index >= 15 is 0 Å². The van der Waals surface area contributed by atoms with Gasteiger partial charge < -0.3 is 5.32 Å². The first-order valence-corrected chi connectivity index (χ1v) is 6.62. The molecule has 0 amide bonds. The van der Waals surface area contributed by atoms with Crippen LogP contribution < -0.4 is 5.32 Å². The summed E-state index contributed by atoms with van der Waals surface area (Å²) in [6, 6.07) is 4.07. The summed E-state index contributed by atoms with van der Waals surface area (Å²) in [5.74, 6) is 0. The van der Waals surface area contributed by atoms with E-state index in [9.17, 15) is 0 Å². The van der Waals surface area contributed by atoms with Crippen molar-refractivity contribution in [1.29, 1.82) is 0 Å². The summed E-state index contributed by atoms with van der Waals surface area (Å²) in [5.41, 5.74) is 1.54. The number of hydrogen-bond donors (Lipinski definition) is 1. The molecule has 1 aromatic rings. The second-order valence-corrected chi connectivity index (χ2v) is 5.04. The maximum Gasteiger partial charge on any atom is 0.0378 e. The molecule has 0 aromatic carbocycles. The third kappa shape index (κ3) is 2.78. The fourth-order valence-corrected chi connectivity index (χ4v) is 2.80. The average molecular weight is 233 g/mol. The molecule has 0 spiro atoms. The Kier molecular flexibility index (Phi) is 4.00. The minimum Gasteiger partial charge on any atom is -0.383 e. The number of aromatic nitrogens is 1. The molecule has 1 aromatic heterocycles. The predicted molar refractivity (Wildman–Crippen MR) is 72.2 cm³/mol. The van der Waals surface area contributed by atoms with Gasteiger partial charge in [-0.25, -0.2) is 0 Å². The van der Waals surface area contributed by atoms with Gasteiger partial charge in [0.05, 0.1) is 0 Å². The first kappa shape index (κ1) is 12.4. The summed E-state index contributed by atoms with van der Waals surface area (Å²) in [5, 5.41) is 3.56. The van der Waals surface area contributed by atoms with Crippen molar-refractivity contribution in [3.63, 3.8) is 0 Å². The molecular weight excluding hydrogens is 210 g/mol. The van der Waals surface area contributed by atoms with Crippen LogP contribution in [0.5, 0.6) is 0 Å². The molecular formula is C14H23N3. The molecule has 0 unspecified atom stereocenters. The van der Waals surface area contributed by atoms with Gasteiger partial charge in [-0.05, 0) is 38.6 Å². The lowest BCUT2D eigenvalue weighted by atomic mass is 9.95. The molecule has 1 N–H and O–H groups in total. The van der Waals surface area contributed by atoms with E-state index < -0.39 is 0 Å². The van der Waals surface area contributed by atoms with Gasteiger partial charge in [-0.15, -0.1) is 0 Å². The highest BCUT2D eigenvalue weighted by Crippen LogP contribution is 2.34. The standard InChI is InChI=1S/C14H23N3/c1-3-17(2)14(8-4-5-9-14)12-16-13-6-10-15-11-7-13/h6-7,10-11H,3-5,8-9,12H2,1-2H3,(H,15,16). The molecule has 0 radical (unpaired) electrons. The highest BCUT2D eigenvalue weighted by Gasteiger charge is 2.36.